The van der Waals surface area contributed by atoms with E-state index in [9.17, 15) is 9.59 Å². The SMILES string of the molecule is COc1ccc(/C=C2\Oc3c(ccc4c3C(c3ccc(SC)cc3)CC(=O)O4)C2=O)cc1. The molecule has 6 heteroatoms. The summed E-state index contributed by atoms with van der Waals surface area (Å²) in [5.41, 5.74) is 3.03. The minimum Gasteiger partial charge on any atom is -0.497 e. The number of fused-ring (bicyclic) bond motifs is 3. The lowest BCUT2D eigenvalue weighted by Gasteiger charge is -2.26. The van der Waals surface area contributed by atoms with Crippen molar-refractivity contribution in [3.8, 4) is 17.2 Å². The van der Waals surface area contributed by atoms with Crippen LogP contribution in [0.4, 0.5) is 0 Å². The van der Waals surface area contributed by atoms with E-state index >= 15 is 0 Å². The number of methoxy groups -OCH3 is 1. The molecule has 0 aliphatic carbocycles. The molecular weight excluding hydrogens is 424 g/mol. The van der Waals surface area contributed by atoms with Gasteiger partial charge in [0.25, 0.3) is 0 Å². The summed E-state index contributed by atoms with van der Waals surface area (Å²) in [6.07, 6.45) is 3.92. The topological polar surface area (TPSA) is 61.8 Å². The Morgan fingerprint density at radius 1 is 0.969 bits per heavy atom. The van der Waals surface area contributed by atoms with Gasteiger partial charge in [-0.3, -0.25) is 9.59 Å². The molecule has 0 fully saturated rings. The first-order chi connectivity index (χ1) is 15.6. The second kappa shape index (κ2) is 8.20. The predicted octanol–water partition coefficient (Wildman–Crippen LogP) is 5.47. The fraction of sp³-hybridized carbons (Fsp3) is 0.154. The van der Waals surface area contributed by atoms with E-state index in [0.717, 1.165) is 27.3 Å². The molecule has 0 saturated carbocycles. The number of thioether (sulfide) groups is 1. The number of ketones is 1. The molecule has 5 rings (SSSR count). The van der Waals surface area contributed by atoms with Crippen molar-refractivity contribution in [1.29, 1.82) is 0 Å². The highest BCUT2D eigenvalue weighted by atomic mass is 32.2. The van der Waals surface area contributed by atoms with E-state index in [1.165, 1.54) is 0 Å². The molecule has 0 radical (unpaired) electrons. The van der Waals surface area contributed by atoms with Crippen LogP contribution in [0.5, 0.6) is 17.2 Å². The molecule has 1 unspecified atom stereocenters. The van der Waals surface area contributed by atoms with Crippen LogP contribution < -0.4 is 14.2 Å². The Morgan fingerprint density at radius 2 is 1.72 bits per heavy atom. The molecular formula is C26H20O5S. The molecule has 0 amide bonds. The third kappa shape index (κ3) is 3.56. The molecule has 2 aliphatic rings. The number of carbonyl (C=O) groups is 2. The summed E-state index contributed by atoms with van der Waals surface area (Å²) in [7, 11) is 1.61. The number of ether oxygens (including phenoxy) is 3. The van der Waals surface area contributed by atoms with Crippen molar-refractivity contribution >= 4 is 29.6 Å². The summed E-state index contributed by atoms with van der Waals surface area (Å²) < 4.78 is 16.8. The van der Waals surface area contributed by atoms with Gasteiger partial charge in [-0.1, -0.05) is 24.3 Å². The average Bonchev–Trinajstić information content (AvgIpc) is 3.14. The molecule has 32 heavy (non-hydrogen) atoms. The molecule has 0 N–H and O–H groups in total. The van der Waals surface area contributed by atoms with Crippen LogP contribution in [-0.4, -0.2) is 25.1 Å². The molecule has 2 heterocycles. The van der Waals surface area contributed by atoms with Crippen LogP contribution in [0.3, 0.4) is 0 Å². The van der Waals surface area contributed by atoms with Gasteiger partial charge in [0.05, 0.1) is 19.1 Å². The van der Waals surface area contributed by atoms with E-state index in [0.29, 0.717) is 17.1 Å². The zero-order chi connectivity index (χ0) is 22.2. The van der Waals surface area contributed by atoms with Gasteiger partial charge >= 0.3 is 5.97 Å². The van der Waals surface area contributed by atoms with Crippen LogP contribution in [0.15, 0.2) is 71.3 Å². The highest BCUT2D eigenvalue weighted by molar-refractivity contribution is 7.98. The average molecular weight is 445 g/mol. The highest BCUT2D eigenvalue weighted by Crippen LogP contribution is 2.49. The quantitative estimate of drug-likeness (QED) is 0.230. The minimum atomic E-state index is -0.297. The van der Waals surface area contributed by atoms with Gasteiger partial charge in [0.15, 0.2) is 5.76 Å². The van der Waals surface area contributed by atoms with Crippen molar-refractivity contribution in [2.75, 3.05) is 13.4 Å². The Labute approximate surface area is 190 Å². The fourth-order valence-electron chi connectivity index (χ4n) is 4.08. The van der Waals surface area contributed by atoms with Crippen molar-refractivity contribution in [2.24, 2.45) is 0 Å². The van der Waals surface area contributed by atoms with Crippen molar-refractivity contribution < 1.29 is 23.8 Å². The number of hydrogen-bond acceptors (Lipinski definition) is 6. The number of esters is 1. The molecule has 0 bridgehead atoms. The normalized spacial score (nSPS) is 18.1. The third-order valence-electron chi connectivity index (χ3n) is 5.71. The van der Waals surface area contributed by atoms with E-state index < -0.39 is 0 Å². The van der Waals surface area contributed by atoms with Crippen molar-refractivity contribution in [2.45, 2.75) is 17.2 Å². The van der Waals surface area contributed by atoms with Crippen molar-refractivity contribution in [3.63, 3.8) is 0 Å². The van der Waals surface area contributed by atoms with Crippen LogP contribution in [0.1, 0.15) is 39.4 Å². The Bertz CT molecular complexity index is 1240. The standard InChI is InChI=1S/C26H20O5S/c1-29-17-7-3-15(4-8-17)13-22-25(28)19-11-12-21-24(26(19)31-22)20(14-23(27)30-21)16-5-9-18(32-2)10-6-16/h3-13,20H,14H2,1-2H3/b22-13-. The van der Waals surface area contributed by atoms with Gasteiger partial charge in [0.1, 0.15) is 17.2 Å². The second-order valence-electron chi connectivity index (χ2n) is 7.57. The minimum absolute atomic E-state index is 0.188. The first-order valence-electron chi connectivity index (χ1n) is 10.2. The number of carbonyl (C=O) groups excluding carboxylic acids is 2. The lowest BCUT2D eigenvalue weighted by Crippen LogP contribution is -2.21. The molecule has 3 aromatic rings. The first-order valence-corrected chi connectivity index (χ1v) is 11.4. The van der Waals surface area contributed by atoms with Crippen LogP contribution in [0, 0.1) is 0 Å². The van der Waals surface area contributed by atoms with E-state index in [1.807, 2.05) is 54.8 Å². The maximum absolute atomic E-state index is 13.1. The van der Waals surface area contributed by atoms with Crippen molar-refractivity contribution in [1.82, 2.24) is 0 Å². The Hall–Kier alpha value is -3.51. The molecule has 160 valence electrons. The predicted molar refractivity (Wildman–Crippen MR) is 123 cm³/mol. The smallest absolute Gasteiger partial charge is 0.312 e. The van der Waals surface area contributed by atoms with E-state index in [1.54, 1.807) is 37.1 Å². The summed E-state index contributed by atoms with van der Waals surface area (Å²) in [5.74, 6) is 1.16. The monoisotopic (exact) mass is 444 g/mol. The highest BCUT2D eigenvalue weighted by Gasteiger charge is 2.38. The third-order valence-corrected chi connectivity index (χ3v) is 6.45. The summed E-state index contributed by atoms with van der Waals surface area (Å²) in [6.45, 7) is 0. The Balaban J connectivity index is 1.56. The maximum atomic E-state index is 13.1. The summed E-state index contributed by atoms with van der Waals surface area (Å²) >= 11 is 1.66. The maximum Gasteiger partial charge on any atom is 0.312 e. The van der Waals surface area contributed by atoms with Gasteiger partial charge in [-0.05, 0) is 59.9 Å². The molecule has 1 atom stereocenters. The summed E-state index contributed by atoms with van der Waals surface area (Å²) in [5, 5.41) is 0. The van der Waals surface area contributed by atoms with E-state index in [-0.39, 0.29) is 29.9 Å². The van der Waals surface area contributed by atoms with Gasteiger partial charge < -0.3 is 14.2 Å². The lowest BCUT2D eigenvalue weighted by molar-refractivity contribution is -0.135. The van der Waals surface area contributed by atoms with Gasteiger partial charge in [0, 0.05) is 16.4 Å². The first kappa shape index (κ1) is 20.4. The van der Waals surface area contributed by atoms with E-state index in [2.05, 4.69) is 0 Å². The fourth-order valence-corrected chi connectivity index (χ4v) is 4.49. The van der Waals surface area contributed by atoms with E-state index in [4.69, 9.17) is 14.2 Å². The molecule has 2 aliphatic heterocycles. The number of Topliss-reactive ketones (excluding diaryl/α,β-unsaturated/α-hetero) is 1. The lowest BCUT2D eigenvalue weighted by atomic mass is 9.85. The number of hydrogen-bond donors (Lipinski definition) is 0. The van der Waals surface area contributed by atoms with Gasteiger partial charge in [-0.2, -0.15) is 0 Å². The largest absolute Gasteiger partial charge is 0.497 e. The Kier molecular flexibility index (Phi) is 5.23. The molecule has 3 aromatic carbocycles. The second-order valence-corrected chi connectivity index (χ2v) is 8.45. The van der Waals surface area contributed by atoms with Crippen LogP contribution in [0.25, 0.3) is 6.08 Å². The molecule has 0 saturated heterocycles. The number of rotatable bonds is 4. The number of benzene rings is 3. The molecule has 0 aromatic heterocycles. The number of allylic oxidation sites excluding steroid dienone is 1. The summed E-state index contributed by atoms with van der Waals surface area (Å²) in [6, 6.07) is 18.8. The Morgan fingerprint density at radius 3 is 2.41 bits per heavy atom. The van der Waals surface area contributed by atoms with Gasteiger partial charge in [0.2, 0.25) is 5.78 Å². The van der Waals surface area contributed by atoms with Crippen LogP contribution in [-0.2, 0) is 4.79 Å². The summed E-state index contributed by atoms with van der Waals surface area (Å²) in [4.78, 5) is 26.5. The molecule has 5 nitrogen and oxygen atoms in total. The zero-order valence-corrected chi connectivity index (χ0v) is 18.4. The van der Waals surface area contributed by atoms with Crippen LogP contribution in [0.2, 0.25) is 0 Å². The van der Waals surface area contributed by atoms with Gasteiger partial charge in [-0.15, -0.1) is 11.8 Å². The van der Waals surface area contributed by atoms with Crippen LogP contribution >= 0.6 is 11.8 Å². The zero-order valence-electron chi connectivity index (χ0n) is 17.6. The molecule has 0 spiro atoms. The van der Waals surface area contributed by atoms with Crippen molar-refractivity contribution in [3.05, 3.63) is 88.7 Å². The van der Waals surface area contributed by atoms with Gasteiger partial charge in [-0.25, -0.2) is 0 Å².